The first-order chi connectivity index (χ1) is 8.54. The molecule has 0 aliphatic carbocycles. The van der Waals surface area contributed by atoms with Gasteiger partial charge in [0.25, 0.3) is 5.91 Å². The minimum atomic E-state index is -0.176. The van der Waals surface area contributed by atoms with E-state index >= 15 is 0 Å². The summed E-state index contributed by atoms with van der Waals surface area (Å²) >= 11 is 0. The molecule has 0 radical (unpaired) electrons. The number of amides is 1. The van der Waals surface area contributed by atoms with E-state index in [1.54, 1.807) is 11.7 Å². The molecule has 1 aromatic rings. The molecule has 2 rings (SSSR count). The van der Waals surface area contributed by atoms with E-state index in [4.69, 9.17) is 10.5 Å². The molecule has 100 valence electrons. The van der Waals surface area contributed by atoms with E-state index in [0.29, 0.717) is 18.0 Å². The van der Waals surface area contributed by atoms with Crippen molar-refractivity contribution in [3.8, 4) is 0 Å². The zero-order chi connectivity index (χ0) is 13.3. The molecule has 1 saturated heterocycles. The third kappa shape index (κ3) is 2.20. The predicted molar refractivity (Wildman–Crippen MR) is 68.3 cm³/mol. The highest BCUT2D eigenvalue weighted by Gasteiger charge is 2.28. The first-order valence-electron chi connectivity index (χ1n) is 6.28. The number of anilines is 1. The zero-order valence-electron chi connectivity index (χ0n) is 11.1. The van der Waals surface area contributed by atoms with Gasteiger partial charge < -0.3 is 15.8 Å². The number of carbonyl (C=O) groups is 1. The summed E-state index contributed by atoms with van der Waals surface area (Å²) in [5.74, 6) is -0.176. The smallest absolute Gasteiger partial charge is 0.272 e. The Morgan fingerprint density at radius 1 is 1.67 bits per heavy atom. The van der Waals surface area contributed by atoms with Crippen LogP contribution in [-0.4, -0.2) is 34.4 Å². The van der Waals surface area contributed by atoms with Crippen LogP contribution in [0, 0.1) is 0 Å². The lowest BCUT2D eigenvalue weighted by Crippen LogP contribution is -2.40. The highest BCUT2D eigenvalue weighted by molar-refractivity contribution is 5.98. The van der Waals surface area contributed by atoms with Crippen molar-refractivity contribution in [1.82, 2.24) is 15.1 Å². The molecule has 1 fully saturated rings. The molecule has 1 aromatic heterocycles. The van der Waals surface area contributed by atoms with Crippen molar-refractivity contribution in [1.29, 1.82) is 0 Å². The fraction of sp³-hybridized carbons (Fsp3) is 0.667. The average molecular weight is 252 g/mol. The Labute approximate surface area is 106 Å². The SMILES string of the molecule is CCc1nn(C)c(C(=O)NC2CCOC2C)c1N. The van der Waals surface area contributed by atoms with Gasteiger partial charge in [-0.3, -0.25) is 9.48 Å². The summed E-state index contributed by atoms with van der Waals surface area (Å²) in [5.41, 5.74) is 7.62. The second kappa shape index (κ2) is 4.97. The van der Waals surface area contributed by atoms with Gasteiger partial charge in [0.05, 0.1) is 23.5 Å². The molecule has 0 saturated carbocycles. The first kappa shape index (κ1) is 12.9. The van der Waals surface area contributed by atoms with Crippen LogP contribution >= 0.6 is 0 Å². The minimum Gasteiger partial charge on any atom is -0.395 e. The standard InChI is InChI=1S/C12H20N4O2/c1-4-8-10(13)11(16(3)15-8)12(17)14-9-5-6-18-7(9)2/h7,9H,4-6,13H2,1-3H3,(H,14,17). The largest absolute Gasteiger partial charge is 0.395 e. The van der Waals surface area contributed by atoms with Gasteiger partial charge in [0.1, 0.15) is 5.69 Å². The number of nitrogens with one attached hydrogen (secondary N) is 1. The van der Waals surface area contributed by atoms with Crippen molar-refractivity contribution < 1.29 is 9.53 Å². The molecule has 1 aliphatic rings. The molecule has 3 N–H and O–H groups in total. The molecule has 2 heterocycles. The Morgan fingerprint density at radius 2 is 2.39 bits per heavy atom. The summed E-state index contributed by atoms with van der Waals surface area (Å²) in [6.07, 6.45) is 1.61. The molecule has 1 aliphatic heterocycles. The first-order valence-corrected chi connectivity index (χ1v) is 6.28. The second-order valence-corrected chi connectivity index (χ2v) is 4.63. The maximum absolute atomic E-state index is 12.2. The summed E-state index contributed by atoms with van der Waals surface area (Å²) in [6, 6.07) is 0.0527. The molecule has 0 bridgehead atoms. The molecule has 2 unspecified atom stereocenters. The van der Waals surface area contributed by atoms with E-state index in [9.17, 15) is 4.79 Å². The Bertz CT molecular complexity index is 455. The Hall–Kier alpha value is -1.56. The molecular weight excluding hydrogens is 232 g/mol. The van der Waals surface area contributed by atoms with Crippen LogP contribution in [0.25, 0.3) is 0 Å². The number of aromatic nitrogens is 2. The fourth-order valence-electron chi connectivity index (χ4n) is 2.28. The molecule has 18 heavy (non-hydrogen) atoms. The van der Waals surface area contributed by atoms with Crippen molar-refractivity contribution in [3.05, 3.63) is 11.4 Å². The summed E-state index contributed by atoms with van der Waals surface area (Å²) in [5, 5.41) is 7.20. The predicted octanol–water partition coefficient (Wildman–Crippen LogP) is 0.472. The third-order valence-corrected chi connectivity index (χ3v) is 3.40. The lowest BCUT2D eigenvalue weighted by molar-refractivity contribution is 0.0859. The van der Waals surface area contributed by atoms with Crippen LogP contribution in [0.4, 0.5) is 5.69 Å². The second-order valence-electron chi connectivity index (χ2n) is 4.63. The van der Waals surface area contributed by atoms with E-state index < -0.39 is 0 Å². The number of hydrogen-bond acceptors (Lipinski definition) is 4. The number of nitrogens with two attached hydrogens (primary N) is 1. The maximum Gasteiger partial charge on any atom is 0.272 e. The number of ether oxygens (including phenoxy) is 1. The van der Waals surface area contributed by atoms with Gasteiger partial charge >= 0.3 is 0 Å². The van der Waals surface area contributed by atoms with Gasteiger partial charge in [0.2, 0.25) is 0 Å². The van der Waals surface area contributed by atoms with Crippen LogP contribution in [0.1, 0.15) is 36.5 Å². The zero-order valence-corrected chi connectivity index (χ0v) is 11.1. The van der Waals surface area contributed by atoms with Crippen molar-refractivity contribution in [2.24, 2.45) is 7.05 Å². The van der Waals surface area contributed by atoms with Crippen LogP contribution in [0.5, 0.6) is 0 Å². The Kier molecular flexibility index (Phi) is 3.56. The molecular formula is C12H20N4O2. The molecule has 6 nitrogen and oxygen atoms in total. The monoisotopic (exact) mass is 252 g/mol. The van der Waals surface area contributed by atoms with Crippen LogP contribution in [-0.2, 0) is 18.2 Å². The normalized spacial score (nSPS) is 23.3. The van der Waals surface area contributed by atoms with Gasteiger partial charge in [0, 0.05) is 13.7 Å². The van der Waals surface area contributed by atoms with Crippen LogP contribution in [0.3, 0.4) is 0 Å². The van der Waals surface area contributed by atoms with Gasteiger partial charge in [-0.25, -0.2) is 0 Å². The van der Waals surface area contributed by atoms with Crippen molar-refractivity contribution >= 4 is 11.6 Å². The Morgan fingerprint density at radius 3 is 2.89 bits per heavy atom. The number of nitrogens with zero attached hydrogens (tertiary/aromatic N) is 2. The fourth-order valence-corrected chi connectivity index (χ4v) is 2.28. The average Bonchev–Trinajstić information content (AvgIpc) is 2.83. The highest BCUT2D eigenvalue weighted by atomic mass is 16.5. The van der Waals surface area contributed by atoms with E-state index in [1.807, 2.05) is 13.8 Å². The van der Waals surface area contributed by atoms with Gasteiger partial charge in [0.15, 0.2) is 0 Å². The summed E-state index contributed by atoms with van der Waals surface area (Å²) in [7, 11) is 1.74. The van der Waals surface area contributed by atoms with Crippen LogP contribution < -0.4 is 11.1 Å². The lowest BCUT2D eigenvalue weighted by atomic mass is 10.1. The third-order valence-electron chi connectivity index (χ3n) is 3.40. The number of rotatable bonds is 3. The summed E-state index contributed by atoms with van der Waals surface area (Å²) in [6.45, 7) is 4.61. The van der Waals surface area contributed by atoms with Gasteiger partial charge in [-0.2, -0.15) is 5.10 Å². The van der Waals surface area contributed by atoms with E-state index in [1.165, 1.54) is 0 Å². The summed E-state index contributed by atoms with van der Waals surface area (Å²) < 4.78 is 6.97. The lowest BCUT2D eigenvalue weighted by Gasteiger charge is -2.16. The van der Waals surface area contributed by atoms with Crippen molar-refractivity contribution in [2.45, 2.75) is 38.8 Å². The molecule has 0 aromatic carbocycles. The number of hydrogen-bond donors (Lipinski definition) is 2. The van der Waals surface area contributed by atoms with E-state index in [2.05, 4.69) is 10.4 Å². The molecule has 0 spiro atoms. The molecule has 2 atom stereocenters. The van der Waals surface area contributed by atoms with Crippen LogP contribution in [0.15, 0.2) is 0 Å². The Balaban J connectivity index is 2.16. The van der Waals surface area contributed by atoms with Crippen LogP contribution in [0.2, 0.25) is 0 Å². The van der Waals surface area contributed by atoms with E-state index in [-0.39, 0.29) is 18.1 Å². The molecule has 1 amide bonds. The highest BCUT2D eigenvalue weighted by Crippen LogP contribution is 2.18. The minimum absolute atomic E-state index is 0.0500. The quantitative estimate of drug-likeness (QED) is 0.819. The topological polar surface area (TPSA) is 82.2 Å². The summed E-state index contributed by atoms with van der Waals surface area (Å²) in [4.78, 5) is 12.2. The molecule has 6 heteroatoms. The van der Waals surface area contributed by atoms with Gasteiger partial charge in [-0.1, -0.05) is 6.92 Å². The van der Waals surface area contributed by atoms with Gasteiger partial charge in [-0.05, 0) is 19.8 Å². The maximum atomic E-state index is 12.2. The number of nitrogen functional groups attached to an aromatic ring is 1. The van der Waals surface area contributed by atoms with E-state index in [0.717, 1.165) is 18.5 Å². The van der Waals surface area contributed by atoms with Gasteiger partial charge in [-0.15, -0.1) is 0 Å². The van der Waals surface area contributed by atoms with Crippen molar-refractivity contribution in [2.75, 3.05) is 12.3 Å². The number of carbonyl (C=O) groups excluding carboxylic acids is 1. The number of aryl methyl sites for hydroxylation is 2. The van der Waals surface area contributed by atoms with Crippen molar-refractivity contribution in [3.63, 3.8) is 0 Å².